The van der Waals surface area contributed by atoms with Crippen LogP contribution in [0.25, 0.3) is 0 Å². The first kappa shape index (κ1) is 28.7. The highest BCUT2D eigenvalue weighted by atomic mass is 32.2. The molecule has 0 saturated carbocycles. The fourth-order valence-corrected chi connectivity index (χ4v) is 6.25. The maximum absolute atomic E-state index is 13.0. The Balaban J connectivity index is 1.42. The zero-order chi connectivity index (χ0) is 29.1. The van der Waals surface area contributed by atoms with E-state index in [4.69, 9.17) is 4.74 Å². The van der Waals surface area contributed by atoms with Crippen molar-refractivity contribution in [1.82, 2.24) is 0 Å². The Hall–Kier alpha value is -4.35. The first-order chi connectivity index (χ1) is 18.9. The molecule has 0 aliphatic rings. The number of benzene rings is 4. The van der Waals surface area contributed by atoms with Crippen LogP contribution in [0, 0.1) is 13.8 Å². The Morgan fingerprint density at radius 1 is 0.775 bits per heavy atom. The van der Waals surface area contributed by atoms with Gasteiger partial charge in [-0.2, -0.15) is 0 Å². The summed E-state index contributed by atoms with van der Waals surface area (Å²) in [5.41, 5.74) is 3.40. The lowest BCUT2D eigenvalue weighted by Crippen LogP contribution is -2.26. The number of carbonyl (C=O) groups excluding carboxylic acids is 1. The monoisotopic (exact) mass is 579 g/mol. The van der Waals surface area contributed by atoms with Gasteiger partial charge in [0.25, 0.3) is 26.0 Å². The van der Waals surface area contributed by atoms with Crippen molar-refractivity contribution in [3.8, 4) is 5.75 Å². The van der Waals surface area contributed by atoms with E-state index in [-0.39, 0.29) is 9.79 Å². The molecular weight excluding hydrogens is 550 g/mol. The molecule has 4 aromatic carbocycles. The van der Waals surface area contributed by atoms with E-state index in [0.29, 0.717) is 28.4 Å². The highest BCUT2D eigenvalue weighted by molar-refractivity contribution is 7.93. The van der Waals surface area contributed by atoms with Crippen LogP contribution in [0.4, 0.5) is 17.1 Å². The zero-order valence-corrected chi connectivity index (χ0v) is 24.0. The number of rotatable bonds is 9. The normalized spacial score (nSPS) is 11.5. The molecule has 0 saturated heterocycles. The third kappa shape index (κ3) is 6.27. The summed E-state index contributed by atoms with van der Waals surface area (Å²) in [5, 5.41) is 2.72. The summed E-state index contributed by atoms with van der Waals surface area (Å²) in [6, 6.07) is 23.4. The van der Waals surface area contributed by atoms with Gasteiger partial charge in [-0.1, -0.05) is 17.7 Å². The second-order valence-corrected chi connectivity index (χ2v) is 12.7. The number of hydrogen-bond donors (Lipinski definition) is 2. The Morgan fingerprint density at radius 3 is 1.95 bits per heavy atom. The van der Waals surface area contributed by atoms with Crippen LogP contribution in [-0.2, 0) is 20.0 Å². The number of aryl methyl sites for hydroxylation is 2. The number of sulfonamides is 2. The summed E-state index contributed by atoms with van der Waals surface area (Å²) in [4.78, 5) is 12.9. The first-order valence-corrected chi connectivity index (χ1v) is 15.1. The van der Waals surface area contributed by atoms with E-state index >= 15 is 0 Å². The third-order valence-electron chi connectivity index (χ3n) is 6.26. The molecule has 0 radical (unpaired) electrons. The van der Waals surface area contributed by atoms with E-state index in [1.54, 1.807) is 18.2 Å². The molecule has 1 amide bonds. The average molecular weight is 580 g/mol. The van der Waals surface area contributed by atoms with Gasteiger partial charge in [-0.25, -0.2) is 16.8 Å². The summed E-state index contributed by atoms with van der Waals surface area (Å²) < 4.78 is 60.4. The van der Waals surface area contributed by atoms with E-state index in [2.05, 4.69) is 10.0 Å². The molecule has 0 bridgehead atoms. The standard InChI is InChI=1S/C29H29N3O6S2/c1-20-5-18-28(21(2)19-20)31-39(34,35)26-14-8-23(9-15-26)30-29(33)22-6-10-24(11-7-22)32(3)40(36,37)27-16-12-25(38-4)13-17-27/h5-19,31H,1-4H3,(H,30,33). The molecule has 2 N–H and O–H groups in total. The minimum Gasteiger partial charge on any atom is -0.497 e. The fraction of sp³-hybridized carbons (Fsp3) is 0.138. The highest BCUT2D eigenvalue weighted by Gasteiger charge is 2.22. The van der Waals surface area contributed by atoms with Gasteiger partial charge in [0.05, 0.1) is 28.3 Å². The molecule has 0 aliphatic heterocycles. The van der Waals surface area contributed by atoms with Gasteiger partial charge in [-0.15, -0.1) is 0 Å². The predicted molar refractivity (Wildman–Crippen MR) is 156 cm³/mol. The number of amides is 1. The van der Waals surface area contributed by atoms with Crippen LogP contribution >= 0.6 is 0 Å². The molecular formula is C29H29N3O6S2. The number of carbonyl (C=O) groups is 1. The molecule has 9 nitrogen and oxygen atoms in total. The van der Waals surface area contributed by atoms with Gasteiger partial charge in [0.2, 0.25) is 0 Å². The van der Waals surface area contributed by atoms with Crippen molar-refractivity contribution in [3.05, 3.63) is 108 Å². The molecule has 0 aromatic heterocycles. The second-order valence-electron chi connectivity index (χ2n) is 9.10. The molecule has 0 heterocycles. The average Bonchev–Trinajstić information content (AvgIpc) is 2.94. The van der Waals surface area contributed by atoms with Crippen LogP contribution in [0.3, 0.4) is 0 Å². The van der Waals surface area contributed by atoms with Gasteiger partial charge in [0.15, 0.2) is 0 Å². The lowest BCUT2D eigenvalue weighted by atomic mass is 10.1. The lowest BCUT2D eigenvalue weighted by molar-refractivity contribution is 0.102. The van der Waals surface area contributed by atoms with Gasteiger partial charge in [-0.05, 0) is 98.3 Å². The number of hydrogen-bond acceptors (Lipinski definition) is 6. The van der Waals surface area contributed by atoms with Crippen molar-refractivity contribution in [2.24, 2.45) is 0 Å². The summed E-state index contributed by atoms with van der Waals surface area (Å²) in [6.45, 7) is 3.76. The molecule has 4 aromatic rings. The Kier molecular flexibility index (Phi) is 8.17. The van der Waals surface area contributed by atoms with Gasteiger partial charge in [-0.3, -0.25) is 13.8 Å². The van der Waals surface area contributed by atoms with Crippen molar-refractivity contribution in [2.45, 2.75) is 23.6 Å². The van der Waals surface area contributed by atoms with Crippen molar-refractivity contribution < 1.29 is 26.4 Å². The topological polar surface area (TPSA) is 122 Å². The molecule has 208 valence electrons. The largest absolute Gasteiger partial charge is 0.497 e. The van der Waals surface area contributed by atoms with Gasteiger partial charge in [0, 0.05) is 18.3 Å². The number of ether oxygens (including phenoxy) is 1. The first-order valence-electron chi connectivity index (χ1n) is 12.2. The fourth-order valence-electron chi connectivity index (χ4n) is 3.92. The van der Waals surface area contributed by atoms with Crippen molar-refractivity contribution in [1.29, 1.82) is 0 Å². The smallest absolute Gasteiger partial charge is 0.264 e. The van der Waals surface area contributed by atoms with Gasteiger partial charge >= 0.3 is 0 Å². The van der Waals surface area contributed by atoms with Gasteiger partial charge in [0.1, 0.15) is 5.75 Å². The molecule has 0 aliphatic carbocycles. The van der Waals surface area contributed by atoms with E-state index in [1.807, 2.05) is 26.0 Å². The SMILES string of the molecule is COc1ccc(S(=O)(=O)N(C)c2ccc(C(=O)Nc3ccc(S(=O)(=O)Nc4ccc(C)cc4C)cc3)cc2)cc1. The Bertz CT molecular complexity index is 1740. The molecule has 40 heavy (non-hydrogen) atoms. The highest BCUT2D eigenvalue weighted by Crippen LogP contribution is 2.25. The minimum atomic E-state index is -3.82. The number of anilines is 3. The summed E-state index contributed by atoms with van der Waals surface area (Å²) in [7, 11) is -4.71. The Labute approximate surface area is 234 Å². The number of nitrogens with one attached hydrogen (secondary N) is 2. The molecule has 0 spiro atoms. The lowest BCUT2D eigenvalue weighted by Gasteiger charge is -2.20. The quantitative estimate of drug-likeness (QED) is 0.281. The van der Waals surface area contributed by atoms with Crippen molar-refractivity contribution >= 4 is 43.0 Å². The van der Waals surface area contributed by atoms with Crippen molar-refractivity contribution in [2.75, 3.05) is 28.5 Å². The predicted octanol–water partition coefficient (Wildman–Crippen LogP) is 5.19. The molecule has 0 fully saturated rings. The van der Waals surface area contributed by atoms with Gasteiger partial charge < -0.3 is 10.1 Å². The summed E-state index contributed by atoms with van der Waals surface area (Å²) in [6.07, 6.45) is 0. The maximum atomic E-state index is 13.0. The summed E-state index contributed by atoms with van der Waals surface area (Å²) in [5.74, 6) is 0.110. The molecule has 0 atom stereocenters. The van der Waals surface area contributed by atoms with E-state index < -0.39 is 26.0 Å². The van der Waals surface area contributed by atoms with Crippen LogP contribution in [-0.4, -0.2) is 36.9 Å². The third-order valence-corrected chi connectivity index (χ3v) is 9.44. The van der Waals surface area contributed by atoms with E-state index in [9.17, 15) is 21.6 Å². The minimum absolute atomic E-state index is 0.0518. The number of methoxy groups -OCH3 is 1. The molecule has 4 rings (SSSR count). The maximum Gasteiger partial charge on any atom is 0.264 e. The van der Waals surface area contributed by atoms with E-state index in [1.165, 1.54) is 74.8 Å². The summed E-state index contributed by atoms with van der Waals surface area (Å²) >= 11 is 0. The van der Waals surface area contributed by atoms with Crippen LogP contribution in [0.1, 0.15) is 21.5 Å². The molecule has 0 unspecified atom stereocenters. The van der Waals surface area contributed by atoms with Crippen molar-refractivity contribution in [3.63, 3.8) is 0 Å². The zero-order valence-electron chi connectivity index (χ0n) is 22.4. The van der Waals surface area contributed by atoms with Crippen LogP contribution < -0.4 is 19.1 Å². The van der Waals surface area contributed by atoms with E-state index in [0.717, 1.165) is 15.4 Å². The van der Waals surface area contributed by atoms with Crippen LogP contribution in [0.15, 0.2) is 101 Å². The van der Waals surface area contributed by atoms with Crippen LogP contribution in [0.5, 0.6) is 5.75 Å². The van der Waals surface area contributed by atoms with Crippen LogP contribution in [0.2, 0.25) is 0 Å². The molecule has 11 heteroatoms. The number of nitrogens with zero attached hydrogens (tertiary/aromatic N) is 1. The Morgan fingerprint density at radius 2 is 1.38 bits per heavy atom. The second kappa shape index (κ2) is 11.4.